The molecule has 22 heavy (non-hydrogen) atoms. The van der Waals surface area contributed by atoms with Gasteiger partial charge in [-0.05, 0) is 31.5 Å². The minimum atomic E-state index is -0.676. The normalized spacial score (nSPS) is 10.8. The van der Waals surface area contributed by atoms with Gasteiger partial charge in [0.15, 0.2) is 5.76 Å². The first-order valence-electron chi connectivity index (χ1n) is 6.46. The van der Waals surface area contributed by atoms with Crippen molar-refractivity contribution in [2.24, 2.45) is 0 Å². The van der Waals surface area contributed by atoms with Crippen molar-refractivity contribution >= 4 is 40.8 Å². The predicted octanol–water partition coefficient (Wildman–Crippen LogP) is 4.20. The zero-order chi connectivity index (χ0) is 16.4. The molecule has 1 heterocycles. The summed E-state index contributed by atoms with van der Waals surface area (Å²) in [6, 6.07) is 4.40. The molecule has 0 aliphatic heterocycles. The Morgan fingerprint density at radius 3 is 2.50 bits per heavy atom. The molecule has 8 heteroatoms. The van der Waals surface area contributed by atoms with E-state index in [0.717, 1.165) is 0 Å². The minimum Gasteiger partial charge on any atom is -0.370 e. The number of halogens is 3. The number of amides is 1. The first kappa shape index (κ1) is 16.9. The largest absolute Gasteiger partial charge is 0.370 e. The third kappa shape index (κ3) is 3.32. The van der Waals surface area contributed by atoms with Crippen LogP contribution in [0.4, 0.5) is 4.79 Å². The quantitative estimate of drug-likeness (QED) is 0.821. The zero-order valence-electron chi connectivity index (χ0n) is 11.9. The van der Waals surface area contributed by atoms with Gasteiger partial charge in [0.2, 0.25) is 0 Å². The summed E-state index contributed by atoms with van der Waals surface area (Å²) in [6.45, 7) is 3.88. The lowest BCUT2D eigenvalue weighted by Crippen LogP contribution is -2.38. The van der Waals surface area contributed by atoms with E-state index in [9.17, 15) is 9.59 Å². The van der Waals surface area contributed by atoms with Gasteiger partial charge < -0.3 is 9.42 Å². The molecule has 118 valence electrons. The Kier molecular flexibility index (Phi) is 5.21. The monoisotopic (exact) mass is 362 g/mol. The summed E-state index contributed by atoms with van der Waals surface area (Å²) in [7, 11) is 0. The molecule has 0 bridgehead atoms. The number of carbonyl (C=O) groups excluding carboxylic acids is 1. The van der Waals surface area contributed by atoms with Crippen molar-refractivity contribution in [2.75, 3.05) is 6.54 Å². The van der Waals surface area contributed by atoms with Gasteiger partial charge in [-0.3, -0.25) is 4.79 Å². The summed E-state index contributed by atoms with van der Waals surface area (Å²) >= 11 is 17.7. The first-order chi connectivity index (χ1) is 10.3. The average molecular weight is 364 g/mol. The molecule has 0 unspecified atom stereocenters. The number of carbonyl (C=O) groups is 1. The van der Waals surface area contributed by atoms with Gasteiger partial charge >= 0.3 is 11.6 Å². The van der Waals surface area contributed by atoms with Crippen LogP contribution in [0.1, 0.15) is 18.2 Å². The van der Waals surface area contributed by atoms with Gasteiger partial charge in [-0.1, -0.05) is 45.6 Å². The highest BCUT2D eigenvalue weighted by Crippen LogP contribution is 2.22. The lowest BCUT2D eigenvalue weighted by Gasteiger charge is -2.20. The summed E-state index contributed by atoms with van der Waals surface area (Å²) in [5.74, 6) is 0.195. The number of hydrogen-bond donors (Lipinski definition) is 0. The number of aromatic nitrogens is 1. The molecule has 2 aromatic rings. The molecule has 0 spiro atoms. The van der Waals surface area contributed by atoms with Gasteiger partial charge in [0, 0.05) is 23.1 Å². The average Bonchev–Trinajstić information content (AvgIpc) is 2.73. The van der Waals surface area contributed by atoms with Crippen molar-refractivity contribution in [3.63, 3.8) is 0 Å². The fourth-order valence-corrected chi connectivity index (χ4v) is 2.46. The molecule has 0 radical (unpaired) electrons. The van der Waals surface area contributed by atoms with Gasteiger partial charge in [0.25, 0.3) is 0 Å². The molecule has 1 aromatic heterocycles. The van der Waals surface area contributed by atoms with E-state index >= 15 is 0 Å². The Hall–Kier alpha value is -1.43. The van der Waals surface area contributed by atoms with E-state index in [1.165, 1.54) is 11.8 Å². The highest BCUT2D eigenvalue weighted by atomic mass is 35.5. The Morgan fingerprint density at radius 1 is 1.32 bits per heavy atom. The van der Waals surface area contributed by atoms with Crippen LogP contribution in [0.3, 0.4) is 0 Å². The number of hydrogen-bond acceptors (Lipinski definition) is 3. The van der Waals surface area contributed by atoms with Crippen LogP contribution in [-0.4, -0.2) is 22.2 Å². The van der Waals surface area contributed by atoms with Crippen molar-refractivity contribution in [1.29, 1.82) is 0 Å². The molecular formula is C14H13Cl3N2O3. The summed E-state index contributed by atoms with van der Waals surface area (Å²) in [5.41, 5.74) is 0.0357. The van der Waals surface area contributed by atoms with Crippen LogP contribution in [0.2, 0.25) is 15.1 Å². The smallest absolute Gasteiger partial charge is 0.361 e. The summed E-state index contributed by atoms with van der Waals surface area (Å²) in [4.78, 5) is 25.7. The van der Waals surface area contributed by atoms with E-state index in [-0.39, 0.29) is 17.3 Å². The molecule has 0 aliphatic rings. The number of nitrogens with zero attached hydrogens (tertiary/aromatic N) is 2. The molecule has 0 fully saturated rings. The lowest BCUT2D eigenvalue weighted by molar-refractivity contribution is 0.165. The van der Waals surface area contributed by atoms with E-state index in [0.29, 0.717) is 26.9 Å². The fourth-order valence-electron chi connectivity index (χ4n) is 1.88. The van der Waals surface area contributed by atoms with E-state index in [1.807, 2.05) is 0 Å². The zero-order valence-corrected chi connectivity index (χ0v) is 14.2. The number of rotatable bonds is 3. The molecule has 0 aliphatic carbocycles. The van der Waals surface area contributed by atoms with E-state index in [1.54, 1.807) is 25.1 Å². The van der Waals surface area contributed by atoms with E-state index < -0.39 is 11.6 Å². The maximum atomic E-state index is 12.4. The lowest BCUT2D eigenvalue weighted by atomic mass is 10.2. The third-order valence-electron chi connectivity index (χ3n) is 3.11. The molecular weight excluding hydrogens is 351 g/mol. The second-order valence-corrected chi connectivity index (χ2v) is 5.82. The number of aryl methyl sites for hydroxylation is 1. The molecule has 1 amide bonds. The Morgan fingerprint density at radius 2 is 2.00 bits per heavy atom. The van der Waals surface area contributed by atoms with Crippen LogP contribution in [0, 0.1) is 6.92 Å². The Balaban J connectivity index is 2.29. The Bertz CT molecular complexity index is 767. The molecule has 2 rings (SSSR count). The first-order valence-corrected chi connectivity index (χ1v) is 7.60. The standard InChI is InChI=1S/C14H13Cl3N2O3/c1-3-18(7-9-4-5-10(15)6-11(9)16)14(21)19-13(20)12(17)8(2)22-19/h4-6H,3,7H2,1-2H3. The SMILES string of the molecule is CCN(Cc1ccc(Cl)cc1Cl)C(=O)n1oc(C)c(Cl)c1=O. The number of benzene rings is 1. The minimum absolute atomic E-state index is 0.103. The van der Waals surface area contributed by atoms with Crippen LogP contribution in [-0.2, 0) is 6.54 Å². The van der Waals surface area contributed by atoms with Gasteiger partial charge in [-0.15, -0.1) is 0 Å². The van der Waals surface area contributed by atoms with Gasteiger partial charge in [0.05, 0.1) is 0 Å². The van der Waals surface area contributed by atoms with Crippen LogP contribution >= 0.6 is 34.8 Å². The molecule has 0 N–H and O–H groups in total. The van der Waals surface area contributed by atoms with E-state index in [4.69, 9.17) is 39.3 Å². The molecule has 5 nitrogen and oxygen atoms in total. The maximum Gasteiger partial charge on any atom is 0.361 e. The highest BCUT2D eigenvalue weighted by Gasteiger charge is 2.22. The van der Waals surface area contributed by atoms with Crippen LogP contribution in [0.25, 0.3) is 0 Å². The second-order valence-electron chi connectivity index (χ2n) is 4.59. The predicted molar refractivity (Wildman–Crippen MR) is 86.1 cm³/mol. The van der Waals surface area contributed by atoms with Crippen LogP contribution < -0.4 is 5.56 Å². The maximum absolute atomic E-state index is 12.4. The van der Waals surface area contributed by atoms with Gasteiger partial charge in [-0.25, -0.2) is 4.79 Å². The highest BCUT2D eigenvalue weighted by molar-refractivity contribution is 6.35. The fraction of sp³-hybridized carbons (Fsp3) is 0.286. The van der Waals surface area contributed by atoms with Crippen molar-refractivity contribution in [3.8, 4) is 0 Å². The van der Waals surface area contributed by atoms with Gasteiger partial charge in [-0.2, -0.15) is 0 Å². The van der Waals surface area contributed by atoms with Crippen LogP contribution in [0.15, 0.2) is 27.5 Å². The molecule has 0 atom stereocenters. The van der Waals surface area contributed by atoms with Crippen molar-refractivity contribution in [3.05, 3.63) is 54.9 Å². The molecule has 0 saturated heterocycles. The summed E-state index contributed by atoms with van der Waals surface area (Å²) in [5, 5.41) is 0.849. The topological polar surface area (TPSA) is 55.5 Å². The van der Waals surface area contributed by atoms with Gasteiger partial charge in [0.1, 0.15) is 5.02 Å². The summed E-state index contributed by atoms with van der Waals surface area (Å²) in [6.07, 6.45) is 0. The molecule has 1 aromatic carbocycles. The van der Waals surface area contributed by atoms with Crippen molar-refractivity contribution in [1.82, 2.24) is 9.64 Å². The van der Waals surface area contributed by atoms with Crippen LogP contribution in [0.5, 0.6) is 0 Å². The van der Waals surface area contributed by atoms with E-state index in [2.05, 4.69) is 0 Å². The van der Waals surface area contributed by atoms with Crippen molar-refractivity contribution < 1.29 is 9.32 Å². The second kappa shape index (κ2) is 6.77. The third-order valence-corrected chi connectivity index (χ3v) is 4.13. The molecule has 0 saturated carbocycles. The Labute approximate surface area is 141 Å². The van der Waals surface area contributed by atoms with Crippen molar-refractivity contribution in [2.45, 2.75) is 20.4 Å². The summed E-state index contributed by atoms with van der Waals surface area (Å²) < 4.78 is 5.75.